The van der Waals surface area contributed by atoms with E-state index >= 15 is 0 Å². The summed E-state index contributed by atoms with van der Waals surface area (Å²) in [4.78, 5) is 4.65. The molecule has 0 amide bonds. The number of nitrogens with zero attached hydrogens (tertiary/aromatic N) is 2. The molecule has 1 heterocycles. The first-order valence-corrected chi connectivity index (χ1v) is 20.1. The average Bonchev–Trinajstić information content (AvgIpc) is 3.66. The van der Waals surface area contributed by atoms with Crippen LogP contribution in [0.2, 0.25) is 0 Å². The number of anilines is 6. The van der Waals surface area contributed by atoms with E-state index in [4.69, 9.17) is 4.42 Å². The minimum Gasteiger partial charge on any atom is -0.456 e. The fourth-order valence-electron chi connectivity index (χ4n) is 8.54. The molecule has 0 fully saturated rings. The fraction of sp³-hybridized carbons (Fsp3) is 0. The monoisotopic (exact) mass is 754 g/mol. The Kier molecular flexibility index (Phi) is 8.49. The lowest BCUT2D eigenvalue weighted by atomic mass is 9.97. The van der Waals surface area contributed by atoms with Gasteiger partial charge in [-0.3, -0.25) is 0 Å². The van der Waals surface area contributed by atoms with Gasteiger partial charge in [0.05, 0.1) is 0 Å². The van der Waals surface area contributed by atoms with Crippen LogP contribution < -0.4 is 9.80 Å². The van der Waals surface area contributed by atoms with E-state index in [1.54, 1.807) is 0 Å². The van der Waals surface area contributed by atoms with E-state index in [1.165, 1.54) is 38.2 Å². The summed E-state index contributed by atoms with van der Waals surface area (Å²) in [5.74, 6) is 0. The summed E-state index contributed by atoms with van der Waals surface area (Å²) in [6.07, 6.45) is 0. The van der Waals surface area contributed by atoms with Crippen molar-refractivity contribution in [3.8, 4) is 22.3 Å². The van der Waals surface area contributed by atoms with Crippen molar-refractivity contribution in [1.82, 2.24) is 0 Å². The second-order valence-corrected chi connectivity index (χ2v) is 15.0. The summed E-state index contributed by atoms with van der Waals surface area (Å²) in [7, 11) is 0. The van der Waals surface area contributed by atoms with Gasteiger partial charge in [0.1, 0.15) is 11.2 Å². The summed E-state index contributed by atoms with van der Waals surface area (Å²) in [6, 6.07) is 82.3. The summed E-state index contributed by atoms with van der Waals surface area (Å²) in [5.41, 5.74) is 13.0. The van der Waals surface area contributed by atoms with E-state index in [1.807, 2.05) is 0 Å². The molecule has 3 nitrogen and oxygen atoms in total. The highest BCUT2D eigenvalue weighted by molar-refractivity contribution is 6.11. The molecule has 1 aromatic heterocycles. The van der Waals surface area contributed by atoms with Gasteiger partial charge in [0, 0.05) is 51.0 Å². The van der Waals surface area contributed by atoms with E-state index in [9.17, 15) is 0 Å². The summed E-state index contributed by atoms with van der Waals surface area (Å²) >= 11 is 0. The van der Waals surface area contributed by atoms with Crippen molar-refractivity contribution >= 4 is 77.6 Å². The highest BCUT2D eigenvalue weighted by Gasteiger charge is 2.18. The molecule has 0 spiro atoms. The predicted octanol–water partition coefficient (Wildman–Crippen LogP) is 16.2. The highest BCUT2D eigenvalue weighted by atomic mass is 16.3. The van der Waals surface area contributed by atoms with Gasteiger partial charge in [0.2, 0.25) is 0 Å². The number of rotatable bonds is 8. The molecule has 11 aromatic rings. The molecule has 10 aromatic carbocycles. The second kappa shape index (κ2) is 14.6. The van der Waals surface area contributed by atoms with Crippen LogP contribution in [0.15, 0.2) is 235 Å². The molecule has 0 aliphatic carbocycles. The summed E-state index contributed by atoms with van der Waals surface area (Å²) in [6.45, 7) is 0. The maximum atomic E-state index is 6.52. The number of fused-ring (bicyclic) bond motifs is 5. The quantitative estimate of drug-likeness (QED) is 0.154. The van der Waals surface area contributed by atoms with Crippen LogP contribution in [-0.2, 0) is 0 Å². The van der Waals surface area contributed by atoms with Gasteiger partial charge in [-0.15, -0.1) is 0 Å². The van der Waals surface area contributed by atoms with Gasteiger partial charge in [-0.05, 0) is 129 Å². The van der Waals surface area contributed by atoms with Gasteiger partial charge < -0.3 is 14.2 Å². The molecule has 278 valence electrons. The smallest absolute Gasteiger partial charge is 0.137 e. The number of furan rings is 1. The first-order valence-electron chi connectivity index (χ1n) is 20.1. The van der Waals surface area contributed by atoms with E-state index in [0.717, 1.165) is 61.6 Å². The molecule has 0 atom stereocenters. The van der Waals surface area contributed by atoms with Crippen LogP contribution in [0.4, 0.5) is 34.1 Å². The van der Waals surface area contributed by atoms with Gasteiger partial charge in [-0.2, -0.15) is 0 Å². The molecule has 0 saturated carbocycles. The Morgan fingerprint density at radius 3 is 1.51 bits per heavy atom. The first-order chi connectivity index (χ1) is 29.2. The maximum Gasteiger partial charge on any atom is 0.137 e. The standard InChI is InChI=1S/C56H38N2O/c1-4-14-39(15-5-1)42-19-12-24-48(34-42)58(46-22-8-3-9-23-46)49-31-28-40-18-13-25-51(53(40)37-49)41-26-29-47(30-27-41)57(45-20-6-2-7-21-45)50-32-33-52-54-35-43-16-10-11-17-44(43)36-55(54)59-56(52)38-50/h1-38H. The third-order valence-corrected chi connectivity index (χ3v) is 11.4. The topological polar surface area (TPSA) is 19.6 Å². The van der Waals surface area contributed by atoms with Crippen LogP contribution in [0.3, 0.4) is 0 Å². The molecular formula is C56H38N2O. The Morgan fingerprint density at radius 2 is 0.763 bits per heavy atom. The molecule has 59 heavy (non-hydrogen) atoms. The first kappa shape index (κ1) is 34.4. The fourth-order valence-corrected chi connectivity index (χ4v) is 8.54. The normalized spacial score (nSPS) is 11.4. The van der Waals surface area contributed by atoms with Gasteiger partial charge in [0.25, 0.3) is 0 Å². The van der Waals surface area contributed by atoms with E-state index in [0.29, 0.717) is 0 Å². The van der Waals surface area contributed by atoms with Crippen molar-refractivity contribution in [3.05, 3.63) is 231 Å². The van der Waals surface area contributed by atoms with Crippen LogP contribution in [-0.4, -0.2) is 0 Å². The van der Waals surface area contributed by atoms with Gasteiger partial charge in [-0.25, -0.2) is 0 Å². The van der Waals surface area contributed by atoms with Crippen molar-refractivity contribution in [2.45, 2.75) is 0 Å². The molecule has 0 radical (unpaired) electrons. The SMILES string of the molecule is c1ccc(-c2cccc(N(c3ccccc3)c3ccc4cccc(-c5ccc(N(c6ccccc6)c6ccc7c(c6)oc6cc8ccccc8cc67)cc5)c4c3)c2)cc1. The molecule has 0 aliphatic rings. The number of hydrogen-bond donors (Lipinski definition) is 0. The molecule has 0 unspecified atom stereocenters. The van der Waals surface area contributed by atoms with Crippen molar-refractivity contribution in [3.63, 3.8) is 0 Å². The number of benzene rings is 10. The van der Waals surface area contributed by atoms with E-state index in [-0.39, 0.29) is 0 Å². The van der Waals surface area contributed by atoms with Crippen LogP contribution in [0.25, 0.3) is 65.7 Å². The third-order valence-electron chi connectivity index (χ3n) is 11.4. The maximum absolute atomic E-state index is 6.52. The van der Waals surface area contributed by atoms with Crippen LogP contribution in [0, 0.1) is 0 Å². The zero-order chi connectivity index (χ0) is 39.1. The predicted molar refractivity (Wildman–Crippen MR) is 249 cm³/mol. The van der Waals surface area contributed by atoms with Gasteiger partial charge in [-0.1, -0.05) is 140 Å². The van der Waals surface area contributed by atoms with Gasteiger partial charge in [0.15, 0.2) is 0 Å². The lowest BCUT2D eigenvalue weighted by molar-refractivity contribution is 0.669. The average molecular weight is 755 g/mol. The Labute approximate surface area is 343 Å². The molecule has 0 saturated heterocycles. The second-order valence-electron chi connectivity index (χ2n) is 15.0. The minimum absolute atomic E-state index is 0.869. The molecule has 0 aliphatic heterocycles. The lowest BCUT2D eigenvalue weighted by Crippen LogP contribution is -2.10. The molecule has 3 heteroatoms. The number of para-hydroxylation sites is 2. The van der Waals surface area contributed by atoms with Gasteiger partial charge >= 0.3 is 0 Å². The summed E-state index contributed by atoms with van der Waals surface area (Å²) in [5, 5.41) is 7.02. The van der Waals surface area contributed by atoms with Crippen LogP contribution in [0.5, 0.6) is 0 Å². The van der Waals surface area contributed by atoms with Crippen molar-refractivity contribution in [2.75, 3.05) is 9.80 Å². The van der Waals surface area contributed by atoms with E-state index < -0.39 is 0 Å². The summed E-state index contributed by atoms with van der Waals surface area (Å²) < 4.78 is 6.52. The van der Waals surface area contributed by atoms with Crippen molar-refractivity contribution in [1.29, 1.82) is 0 Å². The Hall–Kier alpha value is -7.88. The molecular weight excluding hydrogens is 717 g/mol. The lowest BCUT2D eigenvalue weighted by Gasteiger charge is -2.27. The Bertz CT molecular complexity index is 3260. The Morgan fingerprint density at radius 1 is 0.254 bits per heavy atom. The van der Waals surface area contributed by atoms with Crippen LogP contribution in [0.1, 0.15) is 0 Å². The van der Waals surface area contributed by atoms with E-state index in [2.05, 4.69) is 240 Å². The number of hydrogen-bond acceptors (Lipinski definition) is 3. The largest absolute Gasteiger partial charge is 0.456 e. The molecule has 0 bridgehead atoms. The van der Waals surface area contributed by atoms with Crippen LogP contribution >= 0.6 is 0 Å². The Balaban J connectivity index is 0.987. The minimum atomic E-state index is 0.869. The van der Waals surface area contributed by atoms with Crippen molar-refractivity contribution in [2.24, 2.45) is 0 Å². The zero-order valence-corrected chi connectivity index (χ0v) is 32.2. The highest BCUT2D eigenvalue weighted by Crippen LogP contribution is 2.42. The molecule has 11 rings (SSSR count). The molecule has 0 N–H and O–H groups in total. The zero-order valence-electron chi connectivity index (χ0n) is 32.2. The van der Waals surface area contributed by atoms with Crippen molar-refractivity contribution < 1.29 is 4.42 Å². The third kappa shape index (κ3) is 6.36.